The van der Waals surface area contributed by atoms with E-state index in [0.29, 0.717) is 40.3 Å². The Labute approximate surface area is 196 Å². The summed E-state index contributed by atoms with van der Waals surface area (Å²) in [5.74, 6) is 1.46. The molecular weight excluding hydrogens is 440 g/mol. The van der Waals surface area contributed by atoms with Gasteiger partial charge in [-0.1, -0.05) is 84.6 Å². The highest BCUT2D eigenvalue weighted by molar-refractivity contribution is 7.99. The summed E-state index contributed by atoms with van der Waals surface area (Å²) in [4.78, 5) is 9.33. The molecule has 3 N–H and O–H groups in total. The van der Waals surface area contributed by atoms with Gasteiger partial charge in [-0.25, -0.2) is 14.6 Å². The molecular formula is C22H24N8S2. The van der Waals surface area contributed by atoms with Crippen LogP contribution in [0.3, 0.4) is 0 Å². The molecule has 0 unspecified atom stereocenters. The molecule has 0 aliphatic carbocycles. The molecule has 4 aromatic rings. The molecule has 4 rings (SSSR count). The maximum atomic E-state index is 5.40. The van der Waals surface area contributed by atoms with Crippen molar-refractivity contribution in [2.45, 2.75) is 31.6 Å². The molecule has 10 heteroatoms. The zero-order valence-corrected chi connectivity index (χ0v) is 19.3. The predicted octanol–water partition coefficient (Wildman–Crippen LogP) is 3.76. The standard InChI is InChI=1S/C22H24N8S2/c1-2-13-32-22-24-19(27-28-21(31)23-14-16-9-5-3-6-10-16)18-20(25-22)30(29-26-18)15-17-11-7-4-8-12-17/h3-12H,2,13-15H2,1H3,(H2,23,28,31)(H,24,25,27). The van der Waals surface area contributed by atoms with Crippen LogP contribution in [0, 0.1) is 0 Å². The van der Waals surface area contributed by atoms with Gasteiger partial charge in [0.1, 0.15) is 0 Å². The van der Waals surface area contributed by atoms with E-state index < -0.39 is 0 Å². The number of nitrogens with one attached hydrogen (secondary N) is 3. The first-order valence-electron chi connectivity index (χ1n) is 10.3. The number of hydrazine groups is 1. The zero-order chi connectivity index (χ0) is 22.2. The summed E-state index contributed by atoms with van der Waals surface area (Å²) >= 11 is 7.00. The fraction of sp³-hybridized carbons (Fsp3) is 0.227. The van der Waals surface area contributed by atoms with Gasteiger partial charge in [-0.3, -0.25) is 10.9 Å². The molecule has 0 saturated carbocycles. The number of anilines is 1. The van der Waals surface area contributed by atoms with Gasteiger partial charge in [0.25, 0.3) is 0 Å². The number of benzene rings is 2. The van der Waals surface area contributed by atoms with Gasteiger partial charge in [0.15, 0.2) is 27.3 Å². The Bertz CT molecular complexity index is 1160. The third-order valence-electron chi connectivity index (χ3n) is 4.54. The SMILES string of the molecule is CCCSc1nc(NNC(=S)NCc2ccccc2)c2nnn(Cc3ccccc3)c2n1. The van der Waals surface area contributed by atoms with Gasteiger partial charge in [0, 0.05) is 12.3 Å². The van der Waals surface area contributed by atoms with Gasteiger partial charge in [-0.05, 0) is 29.8 Å². The van der Waals surface area contributed by atoms with Crippen LogP contribution >= 0.6 is 24.0 Å². The molecule has 0 amide bonds. The highest BCUT2D eigenvalue weighted by Crippen LogP contribution is 2.23. The monoisotopic (exact) mass is 464 g/mol. The van der Waals surface area contributed by atoms with E-state index in [4.69, 9.17) is 17.2 Å². The Morgan fingerprint density at radius 3 is 2.44 bits per heavy atom. The van der Waals surface area contributed by atoms with Gasteiger partial charge in [-0.15, -0.1) is 5.10 Å². The van der Waals surface area contributed by atoms with Gasteiger partial charge in [0.05, 0.1) is 6.54 Å². The van der Waals surface area contributed by atoms with E-state index in [1.54, 1.807) is 16.4 Å². The highest BCUT2D eigenvalue weighted by Gasteiger charge is 2.15. The Morgan fingerprint density at radius 1 is 1.00 bits per heavy atom. The van der Waals surface area contributed by atoms with Crippen LogP contribution in [0.4, 0.5) is 5.82 Å². The third kappa shape index (κ3) is 5.71. The molecule has 2 aromatic heterocycles. The molecule has 0 spiro atoms. The maximum Gasteiger partial charge on any atom is 0.191 e. The second kappa shape index (κ2) is 10.9. The summed E-state index contributed by atoms with van der Waals surface area (Å²) < 4.78 is 1.79. The minimum absolute atomic E-state index is 0.458. The highest BCUT2D eigenvalue weighted by atomic mass is 32.2. The fourth-order valence-corrected chi connectivity index (χ4v) is 3.80. The average Bonchev–Trinajstić information content (AvgIpc) is 3.24. The number of thiocarbonyl (C=S) groups is 1. The molecule has 0 aliphatic rings. The number of fused-ring (bicyclic) bond motifs is 1. The summed E-state index contributed by atoms with van der Waals surface area (Å²) in [6.07, 6.45) is 1.03. The summed E-state index contributed by atoms with van der Waals surface area (Å²) in [7, 11) is 0. The molecule has 0 aliphatic heterocycles. The lowest BCUT2D eigenvalue weighted by Crippen LogP contribution is -2.38. The van der Waals surface area contributed by atoms with Crippen molar-refractivity contribution in [2.75, 3.05) is 11.2 Å². The summed E-state index contributed by atoms with van der Waals surface area (Å²) in [6.45, 7) is 3.33. The first-order chi connectivity index (χ1) is 15.7. The van der Waals surface area contributed by atoms with Crippen LogP contribution in [0.2, 0.25) is 0 Å². The van der Waals surface area contributed by atoms with Crippen molar-refractivity contribution in [1.82, 2.24) is 35.7 Å². The molecule has 0 saturated heterocycles. The largest absolute Gasteiger partial charge is 0.357 e. The quantitative estimate of drug-likeness (QED) is 0.148. The molecule has 2 heterocycles. The summed E-state index contributed by atoms with van der Waals surface area (Å²) in [5.41, 5.74) is 9.61. The van der Waals surface area contributed by atoms with Gasteiger partial charge in [-0.2, -0.15) is 0 Å². The van der Waals surface area contributed by atoms with Crippen molar-refractivity contribution in [1.29, 1.82) is 0 Å². The number of thioether (sulfide) groups is 1. The molecule has 8 nitrogen and oxygen atoms in total. The first-order valence-corrected chi connectivity index (χ1v) is 11.7. The minimum atomic E-state index is 0.458. The van der Waals surface area contributed by atoms with E-state index in [1.165, 1.54) is 0 Å². The smallest absolute Gasteiger partial charge is 0.191 e. The Balaban J connectivity index is 1.51. The van der Waals surface area contributed by atoms with Crippen LogP contribution in [0.5, 0.6) is 0 Å². The number of aromatic nitrogens is 5. The van der Waals surface area contributed by atoms with Crippen molar-refractivity contribution in [2.24, 2.45) is 0 Å². The minimum Gasteiger partial charge on any atom is -0.357 e. The molecule has 164 valence electrons. The normalized spacial score (nSPS) is 10.8. The van der Waals surface area contributed by atoms with Crippen LogP contribution in [0.15, 0.2) is 65.8 Å². The molecule has 0 atom stereocenters. The molecule has 0 radical (unpaired) electrons. The predicted molar refractivity (Wildman–Crippen MR) is 132 cm³/mol. The third-order valence-corrected chi connectivity index (χ3v) is 5.84. The number of hydrogen-bond acceptors (Lipinski definition) is 7. The van der Waals surface area contributed by atoms with Crippen molar-refractivity contribution in [3.63, 3.8) is 0 Å². The number of hydrogen-bond donors (Lipinski definition) is 3. The van der Waals surface area contributed by atoms with E-state index in [9.17, 15) is 0 Å². The zero-order valence-electron chi connectivity index (χ0n) is 17.7. The van der Waals surface area contributed by atoms with E-state index in [-0.39, 0.29) is 0 Å². The first kappa shape index (κ1) is 22.0. The lowest BCUT2D eigenvalue weighted by molar-refractivity contribution is 0.661. The second-order valence-electron chi connectivity index (χ2n) is 7.03. The van der Waals surface area contributed by atoms with E-state index in [2.05, 4.69) is 50.5 Å². The Hall–Kier alpha value is -3.24. The summed E-state index contributed by atoms with van der Waals surface area (Å²) in [6, 6.07) is 20.2. The maximum absolute atomic E-state index is 5.40. The average molecular weight is 465 g/mol. The van der Waals surface area contributed by atoms with Gasteiger partial charge < -0.3 is 5.32 Å². The van der Waals surface area contributed by atoms with Crippen molar-refractivity contribution in [3.05, 3.63) is 71.8 Å². The Kier molecular flexibility index (Phi) is 7.47. The van der Waals surface area contributed by atoms with Gasteiger partial charge in [0.2, 0.25) is 0 Å². The number of nitrogens with zero attached hydrogens (tertiary/aromatic N) is 5. The lowest BCUT2D eigenvalue weighted by atomic mass is 10.2. The second-order valence-corrected chi connectivity index (χ2v) is 8.50. The topological polar surface area (TPSA) is 92.6 Å². The summed E-state index contributed by atoms with van der Waals surface area (Å²) in [5, 5.41) is 12.9. The molecule has 0 bridgehead atoms. The van der Waals surface area contributed by atoms with Crippen molar-refractivity contribution >= 4 is 46.1 Å². The van der Waals surface area contributed by atoms with E-state index >= 15 is 0 Å². The van der Waals surface area contributed by atoms with Crippen LogP contribution in [-0.2, 0) is 13.1 Å². The lowest BCUT2D eigenvalue weighted by Gasteiger charge is -2.13. The molecule has 0 fully saturated rings. The van der Waals surface area contributed by atoms with Crippen molar-refractivity contribution in [3.8, 4) is 0 Å². The van der Waals surface area contributed by atoms with E-state index in [0.717, 1.165) is 23.3 Å². The van der Waals surface area contributed by atoms with Gasteiger partial charge >= 0.3 is 0 Å². The Morgan fingerprint density at radius 2 is 1.72 bits per heavy atom. The number of rotatable bonds is 9. The van der Waals surface area contributed by atoms with Crippen LogP contribution < -0.4 is 16.2 Å². The molecule has 2 aromatic carbocycles. The molecule has 32 heavy (non-hydrogen) atoms. The van der Waals surface area contributed by atoms with Crippen molar-refractivity contribution < 1.29 is 0 Å². The van der Waals surface area contributed by atoms with Crippen LogP contribution in [-0.4, -0.2) is 35.8 Å². The van der Waals surface area contributed by atoms with Crippen LogP contribution in [0.25, 0.3) is 11.2 Å². The fourth-order valence-electron chi connectivity index (χ4n) is 2.98. The van der Waals surface area contributed by atoms with Crippen LogP contribution in [0.1, 0.15) is 24.5 Å². The van der Waals surface area contributed by atoms with E-state index in [1.807, 2.05) is 48.5 Å².